The van der Waals surface area contributed by atoms with E-state index >= 15 is 0 Å². The maximum atomic E-state index is 13.4. The number of rotatable bonds is 12. The first-order valence-electron chi connectivity index (χ1n) is 31.9. The van der Waals surface area contributed by atoms with Crippen LogP contribution in [0.2, 0.25) is 30.1 Å². The minimum Gasteiger partial charge on any atom is -0.387 e. The van der Waals surface area contributed by atoms with Crippen LogP contribution in [0.4, 0.5) is 3.89 Å². The number of hydrogen-bond donors (Lipinski definition) is 3. The minimum absolute atomic E-state index is 0. The molecule has 6 amide bonds. The number of aliphatic hydroxyl groups excluding tert-OH is 3. The van der Waals surface area contributed by atoms with Crippen molar-refractivity contribution in [3.63, 3.8) is 0 Å². The largest absolute Gasteiger partial charge is 0.387 e. The molecule has 9 aliphatic heterocycles. The van der Waals surface area contributed by atoms with Crippen LogP contribution < -0.4 is 0 Å². The number of piperazine rings is 3. The van der Waals surface area contributed by atoms with Gasteiger partial charge >= 0.3 is 0 Å². The predicted molar refractivity (Wildman–Crippen MR) is 362 cm³/mol. The van der Waals surface area contributed by atoms with Crippen molar-refractivity contribution in [2.24, 2.45) is 0 Å². The molecule has 9 atom stereocenters. The van der Waals surface area contributed by atoms with E-state index in [0.717, 1.165) is 94.5 Å². The van der Waals surface area contributed by atoms with Crippen molar-refractivity contribution < 1.29 is 62.2 Å². The molecular formula is C65H88Cl6FN9O12S. The van der Waals surface area contributed by atoms with E-state index in [1.54, 1.807) is 51.1 Å². The lowest BCUT2D eigenvalue weighted by molar-refractivity contribution is -0.164. The summed E-state index contributed by atoms with van der Waals surface area (Å²) in [6.45, 7) is 9.48. The highest BCUT2D eigenvalue weighted by Crippen LogP contribution is 2.35. The maximum absolute atomic E-state index is 13.4. The van der Waals surface area contributed by atoms with Gasteiger partial charge in [-0.1, -0.05) is 95.2 Å². The number of amides is 6. The Balaban J connectivity index is 0.000000176. The lowest BCUT2D eigenvalue weighted by atomic mass is 9.90. The molecule has 0 aromatic heterocycles. The molecule has 0 aliphatic carbocycles. The van der Waals surface area contributed by atoms with Gasteiger partial charge in [0.1, 0.15) is 19.8 Å². The number of ether oxygens (including phenoxy) is 3. The van der Waals surface area contributed by atoms with E-state index in [9.17, 15) is 48.0 Å². The average molecular weight is 1450 g/mol. The number of carbonyl (C=O) groups is 6. The SMILES string of the molecule is C.CSF.O=C(Cc1ccc(Cl)c(Cl)c1)N1CCN(C(=O)CO)[C@@H]2COC[C@H](N3CCCC3)[C@H]21.O=C(Cc1ccc(Cl)c(Cl)c1)N1CCN(C(=O)CO)[C@@H]2COC[C@H](N3CCCC3)[C@H]21.O=C(Cc1ccc(Cl)c(Cl)c1)N1CCN(C(=O)CO)[C@H]2COC[C@@H](N3CCCC3)[C@@H]21. The normalized spacial score (nSPS) is 26.3. The van der Waals surface area contributed by atoms with Crippen molar-refractivity contribution in [3.8, 4) is 0 Å². The molecule has 0 radical (unpaired) electrons. The molecule has 0 unspecified atom stereocenters. The van der Waals surface area contributed by atoms with Gasteiger partial charge in [0.15, 0.2) is 0 Å². The number of likely N-dealkylation sites (tertiary alicyclic amines) is 3. The van der Waals surface area contributed by atoms with Gasteiger partial charge in [0.05, 0.1) is 143 Å². The first-order chi connectivity index (χ1) is 44.9. The summed E-state index contributed by atoms with van der Waals surface area (Å²) in [5.41, 5.74) is 2.43. The minimum atomic E-state index is -0.533. The number of benzene rings is 3. The van der Waals surface area contributed by atoms with Crippen molar-refractivity contribution in [3.05, 3.63) is 101 Å². The zero-order valence-corrected chi connectivity index (χ0v) is 57.6. The summed E-state index contributed by atoms with van der Waals surface area (Å²) in [6.07, 6.45) is 8.82. The molecule has 9 heterocycles. The van der Waals surface area contributed by atoms with Crippen molar-refractivity contribution >= 4 is 117 Å². The molecule has 520 valence electrons. The summed E-state index contributed by atoms with van der Waals surface area (Å²) in [5.74, 6) is -0.923. The number of fused-ring (bicyclic) bond motifs is 3. The molecule has 94 heavy (non-hydrogen) atoms. The Bertz CT molecular complexity index is 2760. The second-order valence-corrected chi connectivity index (χ2v) is 27.4. The summed E-state index contributed by atoms with van der Waals surface area (Å²) < 4.78 is 27.8. The molecule has 0 spiro atoms. The van der Waals surface area contributed by atoms with Crippen molar-refractivity contribution in [1.29, 1.82) is 0 Å². The van der Waals surface area contributed by atoms with Crippen molar-refractivity contribution in [2.45, 2.75) is 120 Å². The van der Waals surface area contributed by atoms with E-state index in [1.165, 1.54) is 6.26 Å². The highest BCUT2D eigenvalue weighted by atomic mass is 35.5. The first-order valence-corrected chi connectivity index (χ1v) is 35.3. The van der Waals surface area contributed by atoms with Gasteiger partial charge in [-0.25, -0.2) is 0 Å². The van der Waals surface area contributed by atoms with Crippen LogP contribution in [-0.2, 0) is 62.2 Å². The maximum Gasteiger partial charge on any atom is 0.248 e. The molecular weight excluding hydrogens is 1360 g/mol. The molecule has 9 saturated heterocycles. The number of halogens is 7. The molecule has 12 rings (SSSR count). The first kappa shape index (κ1) is 75.9. The van der Waals surface area contributed by atoms with Gasteiger partial charge < -0.3 is 58.9 Å². The monoisotopic (exact) mass is 1450 g/mol. The smallest absolute Gasteiger partial charge is 0.248 e. The summed E-state index contributed by atoms with van der Waals surface area (Å²) in [5, 5.41) is 31.0. The van der Waals surface area contributed by atoms with Crippen LogP contribution in [-0.4, -0.2) is 293 Å². The van der Waals surface area contributed by atoms with Gasteiger partial charge in [0.25, 0.3) is 0 Å². The van der Waals surface area contributed by atoms with E-state index in [0.29, 0.717) is 109 Å². The lowest BCUT2D eigenvalue weighted by Gasteiger charge is -2.54. The third-order valence-corrected chi connectivity index (χ3v) is 21.5. The second-order valence-electron chi connectivity index (χ2n) is 24.6. The number of carbonyl (C=O) groups excluding carboxylic acids is 6. The number of nitrogens with zero attached hydrogens (tertiary/aromatic N) is 9. The quantitative estimate of drug-likeness (QED) is 0.185. The molecule has 0 bridgehead atoms. The molecule has 9 aliphatic rings. The van der Waals surface area contributed by atoms with Crippen molar-refractivity contribution in [2.75, 3.05) is 144 Å². The Kier molecular flexibility index (Phi) is 29.3. The molecule has 0 saturated carbocycles. The van der Waals surface area contributed by atoms with Crippen LogP contribution >= 0.6 is 81.8 Å². The van der Waals surface area contributed by atoms with E-state index in [1.807, 2.05) is 32.9 Å². The zero-order valence-electron chi connectivity index (χ0n) is 52.2. The Morgan fingerprint density at radius 3 is 0.830 bits per heavy atom. The van der Waals surface area contributed by atoms with Crippen LogP contribution in [0.3, 0.4) is 0 Å². The van der Waals surface area contributed by atoms with Crippen LogP contribution in [0.15, 0.2) is 54.6 Å². The van der Waals surface area contributed by atoms with Crippen LogP contribution in [0.1, 0.15) is 62.6 Å². The lowest BCUT2D eigenvalue weighted by Crippen LogP contribution is -2.72. The standard InChI is InChI=1S/3C21H27Cl2N3O4.CH3FS.CH4/c3*22-15-4-3-14(9-16(15)23)10-19(28)26-8-7-25(20(29)11-27)18-13-30-12-17(21(18)26)24-5-1-2-6-24;1-3-2;/h3*3-4,9,17-18,21,27H,1-2,5-8,10-13H2;1H3;1H4/t3*17-,18+,21+;;/m100../s1. The highest BCUT2D eigenvalue weighted by Gasteiger charge is 2.52. The third kappa shape index (κ3) is 18.3. The van der Waals surface area contributed by atoms with E-state index < -0.39 is 19.8 Å². The topological polar surface area (TPSA) is 220 Å². The molecule has 21 nitrogen and oxygen atoms in total. The molecule has 29 heteroatoms. The van der Waals surface area contributed by atoms with Crippen LogP contribution in [0, 0.1) is 0 Å². The van der Waals surface area contributed by atoms with Crippen LogP contribution in [0.5, 0.6) is 0 Å². The van der Waals surface area contributed by atoms with Gasteiger partial charge in [-0.3, -0.25) is 43.5 Å². The van der Waals surface area contributed by atoms with Gasteiger partial charge in [0.2, 0.25) is 35.4 Å². The summed E-state index contributed by atoms with van der Waals surface area (Å²) in [6, 6.07) is 14.6. The fraction of sp³-hybridized carbons (Fsp3) is 0.631. The van der Waals surface area contributed by atoms with Gasteiger partial charge in [-0.05, 0) is 131 Å². The highest BCUT2D eigenvalue weighted by molar-refractivity contribution is 7.93. The molecule has 3 N–H and O–H groups in total. The third-order valence-electron chi connectivity index (χ3n) is 19.3. The fourth-order valence-electron chi connectivity index (χ4n) is 15.0. The predicted octanol–water partition coefficient (Wildman–Crippen LogP) is 6.16. The molecule has 3 aromatic rings. The average Bonchev–Trinajstić information content (AvgIpc) is 1.00. The Morgan fingerprint density at radius 1 is 0.383 bits per heavy atom. The van der Waals surface area contributed by atoms with Crippen LogP contribution in [0.25, 0.3) is 0 Å². The second kappa shape index (κ2) is 36.3. The van der Waals surface area contributed by atoms with Gasteiger partial charge in [-0.2, -0.15) is 3.89 Å². The summed E-state index contributed by atoms with van der Waals surface area (Å²) in [4.78, 5) is 95.1. The number of hydrogen-bond acceptors (Lipinski definition) is 16. The zero-order chi connectivity index (χ0) is 66.5. The Hall–Kier alpha value is -3.86. The van der Waals surface area contributed by atoms with E-state index in [4.69, 9.17) is 83.8 Å². The Morgan fingerprint density at radius 2 is 0.606 bits per heavy atom. The summed E-state index contributed by atoms with van der Waals surface area (Å²) >= 11 is 36.6. The van der Waals surface area contributed by atoms with Gasteiger partial charge in [0, 0.05) is 57.7 Å². The van der Waals surface area contributed by atoms with E-state index in [-0.39, 0.29) is 129 Å². The van der Waals surface area contributed by atoms with E-state index in [2.05, 4.69) is 14.7 Å². The van der Waals surface area contributed by atoms with Gasteiger partial charge in [-0.15, -0.1) is 0 Å². The molecule has 9 fully saturated rings. The molecule has 3 aromatic carbocycles. The number of aliphatic hydroxyl groups is 3. The van der Waals surface area contributed by atoms with Crippen molar-refractivity contribution in [1.82, 2.24) is 44.1 Å². The Labute approximate surface area is 585 Å². The summed E-state index contributed by atoms with van der Waals surface area (Å²) in [7, 11) is 0. The fourth-order valence-corrected chi connectivity index (χ4v) is 15.9.